The molecule has 0 bridgehead atoms. The zero-order valence-corrected chi connectivity index (χ0v) is 11.4. The molecule has 1 amide bonds. The first kappa shape index (κ1) is 13.5. The fourth-order valence-corrected chi connectivity index (χ4v) is 2.16. The maximum Gasteiger partial charge on any atom is 0.241 e. The van der Waals surface area contributed by atoms with Crippen LogP contribution in [0.3, 0.4) is 0 Å². The van der Waals surface area contributed by atoms with Gasteiger partial charge in [0.2, 0.25) is 12.7 Å². The summed E-state index contributed by atoms with van der Waals surface area (Å²) in [4.78, 5) is 12.1. The third-order valence-corrected chi connectivity index (χ3v) is 3.34. The van der Waals surface area contributed by atoms with Crippen molar-refractivity contribution in [2.75, 3.05) is 6.79 Å². The van der Waals surface area contributed by atoms with E-state index in [4.69, 9.17) is 15.2 Å². The second-order valence-corrected chi connectivity index (χ2v) is 4.79. The van der Waals surface area contributed by atoms with Gasteiger partial charge < -0.3 is 20.5 Å². The molecular weight excluding hydrogens is 268 g/mol. The van der Waals surface area contributed by atoms with Crippen molar-refractivity contribution in [1.82, 2.24) is 5.32 Å². The highest BCUT2D eigenvalue weighted by Gasteiger charge is 2.16. The summed E-state index contributed by atoms with van der Waals surface area (Å²) in [6.45, 7) is 0.639. The molecule has 1 atom stereocenters. The summed E-state index contributed by atoms with van der Waals surface area (Å²) >= 11 is 0. The van der Waals surface area contributed by atoms with Crippen LogP contribution < -0.4 is 20.5 Å². The van der Waals surface area contributed by atoms with Crippen molar-refractivity contribution in [3.63, 3.8) is 0 Å². The molecule has 21 heavy (non-hydrogen) atoms. The zero-order valence-electron chi connectivity index (χ0n) is 11.4. The number of fused-ring (bicyclic) bond motifs is 1. The van der Waals surface area contributed by atoms with Crippen LogP contribution in [0.5, 0.6) is 11.5 Å². The van der Waals surface area contributed by atoms with Crippen molar-refractivity contribution in [2.24, 2.45) is 5.73 Å². The van der Waals surface area contributed by atoms with E-state index in [2.05, 4.69) is 5.32 Å². The highest BCUT2D eigenvalue weighted by Crippen LogP contribution is 2.32. The first-order valence-electron chi connectivity index (χ1n) is 6.71. The van der Waals surface area contributed by atoms with E-state index in [0.29, 0.717) is 12.3 Å². The molecule has 1 aliphatic heterocycles. The Morgan fingerprint density at radius 3 is 2.71 bits per heavy atom. The van der Waals surface area contributed by atoms with Gasteiger partial charge in [0.25, 0.3) is 0 Å². The van der Waals surface area contributed by atoms with E-state index < -0.39 is 6.04 Å². The minimum Gasteiger partial charge on any atom is -0.454 e. The van der Waals surface area contributed by atoms with Crippen LogP contribution in [-0.2, 0) is 11.3 Å². The van der Waals surface area contributed by atoms with E-state index in [9.17, 15) is 4.79 Å². The fraction of sp³-hybridized carbons (Fsp3) is 0.188. The van der Waals surface area contributed by atoms with Crippen LogP contribution in [0.2, 0.25) is 0 Å². The largest absolute Gasteiger partial charge is 0.454 e. The van der Waals surface area contributed by atoms with E-state index in [1.165, 1.54) is 0 Å². The summed E-state index contributed by atoms with van der Waals surface area (Å²) in [5.74, 6) is 1.22. The molecule has 1 unspecified atom stereocenters. The molecule has 5 heteroatoms. The lowest BCUT2D eigenvalue weighted by molar-refractivity contribution is -0.122. The minimum atomic E-state index is -0.666. The molecule has 3 N–H and O–H groups in total. The topological polar surface area (TPSA) is 73.6 Å². The van der Waals surface area contributed by atoms with Gasteiger partial charge in [0.15, 0.2) is 11.5 Å². The van der Waals surface area contributed by atoms with Crippen molar-refractivity contribution >= 4 is 5.91 Å². The number of carbonyl (C=O) groups excluding carboxylic acids is 1. The number of nitrogens with one attached hydrogen (secondary N) is 1. The Labute approximate surface area is 122 Å². The summed E-state index contributed by atoms with van der Waals surface area (Å²) in [5.41, 5.74) is 7.67. The van der Waals surface area contributed by atoms with Gasteiger partial charge in [-0.05, 0) is 23.3 Å². The van der Waals surface area contributed by atoms with Gasteiger partial charge in [-0.15, -0.1) is 0 Å². The van der Waals surface area contributed by atoms with E-state index in [1.54, 1.807) is 0 Å². The highest BCUT2D eigenvalue weighted by atomic mass is 16.7. The second kappa shape index (κ2) is 5.85. The second-order valence-electron chi connectivity index (χ2n) is 4.79. The first-order valence-corrected chi connectivity index (χ1v) is 6.71. The minimum absolute atomic E-state index is 0.209. The van der Waals surface area contributed by atoms with Gasteiger partial charge in [-0.2, -0.15) is 0 Å². The van der Waals surface area contributed by atoms with E-state index in [1.807, 2.05) is 48.5 Å². The number of amides is 1. The van der Waals surface area contributed by atoms with Gasteiger partial charge in [-0.1, -0.05) is 36.4 Å². The Hall–Kier alpha value is -2.53. The Morgan fingerprint density at radius 1 is 1.14 bits per heavy atom. The molecule has 0 radical (unpaired) electrons. The molecule has 0 fully saturated rings. The van der Waals surface area contributed by atoms with Gasteiger partial charge in [0.1, 0.15) is 6.04 Å². The number of hydrogen-bond acceptors (Lipinski definition) is 4. The summed E-state index contributed by atoms with van der Waals surface area (Å²) in [6.07, 6.45) is 0. The quantitative estimate of drug-likeness (QED) is 0.896. The first-order chi connectivity index (χ1) is 10.2. The number of ether oxygens (including phenoxy) is 2. The van der Waals surface area contributed by atoms with Crippen molar-refractivity contribution < 1.29 is 14.3 Å². The SMILES string of the molecule is NC(C(=O)NCc1ccc2c(c1)OCO2)c1ccccc1. The Balaban J connectivity index is 1.61. The molecule has 2 aromatic rings. The molecule has 1 heterocycles. The summed E-state index contributed by atoms with van der Waals surface area (Å²) in [6, 6.07) is 14.2. The lowest BCUT2D eigenvalue weighted by Gasteiger charge is -2.12. The molecule has 3 rings (SSSR count). The summed E-state index contributed by atoms with van der Waals surface area (Å²) in [5, 5.41) is 2.83. The van der Waals surface area contributed by atoms with Crippen molar-refractivity contribution in [2.45, 2.75) is 12.6 Å². The van der Waals surface area contributed by atoms with Crippen molar-refractivity contribution in [3.8, 4) is 11.5 Å². The summed E-state index contributed by atoms with van der Waals surface area (Å²) in [7, 11) is 0. The molecule has 108 valence electrons. The van der Waals surface area contributed by atoms with Gasteiger partial charge >= 0.3 is 0 Å². The average molecular weight is 284 g/mol. The maximum atomic E-state index is 12.1. The lowest BCUT2D eigenvalue weighted by Crippen LogP contribution is -2.33. The number of carbonyl (C=O) groups is 1. The van der Waals surface area contributed by atoms with Crippen molar-refractivity contribution in [3.05, 3.63) is 59.7 Å². The van der Waals surface area contributed by atoms with Crippen LogP contribution in [0.4, 0.5) is 0 Å². The van der Waals surface area contributed by atoms with Gasteiger partial charge in [0.05, 0.1) is 0 Å². The maximum absolute atomic E-state index is 12.1. The van der Waals surface area contributed by atoms with Crippen LogP contribution >= 0.6 is 0 Å². The van der Waals surface area contributed by atoms with Crippen molar-refractivity contribution in [1.29, 1.82) is 0 Å². The van der Waals surface area contributed by atoms with Crippen LogP contribution in [-0.4, -0.2) is 12.7 Å². The smallest absolute Gasteiger partial charge is 0.241 e. The Bertz CT molecular complexity index is 643. The van der Waals surface area contributed by atoms with E-state index >= 15 is 0 Å². The summed E-state index contributed by atoms with van der Waals surface area (Å²) < 4.78 is 10.5. The monoisotopic (exact) mass is 284 g/mol. The predicted molar refractivity (Wildman–Crippen MR) is 77.8 cm³/mol. The van der Waals surface area contributed by atoms with Gasteiger partial charge in [-0.3, -0.25) is 4.79 Å². The van der Waals surface area contributed by atoms with Crippen LogP contribution in [0.15, 0.2) is 48.5 Å². The Morgan fingerprint density at radius 2 is 1.90 bits per heavy atom. The number of rotatable bonds is 4. The molecule has 0 saturated heterocycles. The molecule has 0 spiro atoms. The standard InChI is InChI=1S/C16H16N2O3/c17-15(12-4-2-1-3-5-12)16(19)18-9-11-6-7-13-14(8-11)21-10-20-13/h1-8,15H,9-10,17H2,(H,18,19). The normalized spacial score (nSPS) is 13.8. The number of hydrogen-bond donors (Lipinski definition) is 2. The van der Waals surface area contributed by atoms with Crippen LogP contribution in [0.1, 0.15) is 17.2 Å². The van der Waals surface area contributed by atoms with E-state index in [-0.39, 0.29) is 12.7 Å². The number of benzene rings is 2. The third kappa shape index (κ3) is 2.98. The average Bonchev–Trinajstić information content (AvgIpc) is 3.00. The molecule has 2 aromatic carbocycles. The highest BCUT2D eigenvalue weighted by molar-refractivity contribution is 5.82. The predicted octanol–water partition coefficient (Wildman–Crippen LogP) is 1.73. The zero-order chi connectivity index (χ0) is 14.7. The van der Waals surface area contributed by atoms with E-state index in [0.717, 1.165) is 16.9 Å². The molecule has 0 aromatic heterocycles. The molecule has 0 aliphatic carbocycles. The van der Waals surface area contributed by atoms with Gasteiger partial charge in [0, 0.05) is 6.54 Å². The van der Waals surface area contributed by atoms with Crippen LogP contribution in [0, 0.1) is 0 Å². The van der Waals surface area contributed by atoms with Crippen LogP contribution in [0.25, 0.3) is 0 Å². The van der Waals surface area contributed by atoms with Gasteiger partial charge in [-0.25, -0.2) is 0 Å². The molecular formula is C16H16N2O3. The lowest BCUT2D eigenvalue weighted by atomic mass is 10.1. The molecule has 1 aliphatic rings. The number of nitrogens with two attached hydrogens (primary N) is 1. The molecule has 0 saturated carbocycles. The molecule has 5 nitrogen and oxygen atoms in total. The fourth-order valence-electron chi connectivity index (χ4n) is 2.16. The third-order valence-electron chi connectivity index (χ3n) is 3.34. The Kier molecular flexibility index (Phi) is 3.75.